The van der Waals surface area contributed by atoms with Gasteiger partial charge in [0.15, 0.2) is 0 Å². The standard InChI is InChI=1S/C20H28N4O/c1-21(2)14-12-17(22(3)4)19(18(13-14)25-7)20-23(5)15-10-8-9-11-16(15)24(20)6/h8-13,20H,1-7H3. The van der Waals surface area contributed by atoms with E-state index in [1.54, 1.807) is 7.11 Å². The topological polar surface area (TPSA) is 22.2 Å². The van der Waals surface area contributed by atoms with E-state index in [2.05, 4.69) is 98.3 Å². The summed E-state index contributed by atoms with van der Waals surface area (Å²) in [7, 11) is 14.3. The van der Waals surface area contributed by atoms with Crippen molar-refractivity contribution in [3.63, 3.8) is 0 Å². The zero-order valence-electron chi connectivity index (χ0n) is 16.2. The maximum absolute atomic E-state index is 5.83. The van der Waals surface area contributed by atoms with Gasteiger partial charge in [-0.2, -0.15) is 0 Å². The summed E-state index contributed by atoms with van der Waals surface area (Å²) >= 11 is 0. The summed E-state index contributed by atoms with van der Waals surface area (Å²) in [5.74, 6) is 0.909. The van der Waals surface area contributed by atoms with E-state index in [0.29, 0.717) is 0 Å². The molecule has 1 aliphatic rings. The molecule has 0 fully saturated rings. The second kappa shape index (κ2) is 6.39. The van der Waals surface area contributed by atoms with E-state index in [1.807, 2.05) is 0 Å². The molecule has 25 heavy (non-hydrogen) atoms. The Morgan fingerprint density at radius 2 is 1.44 bits per heavy atom. The highest BCUT2D eigenvalue weighted by Gasteiger charge is 2.36. The molecule has 1 heterocycles. The molecule has 0 unspecified atom stereocenters. The van der Waals surface area contributed by atoms with E-state index in [1.165, 1.54) is 22.6 Å². The zero-order valence-corrected chi connectivity index (χ0v) is 16.2. The van der Waals surface area contributed by atoms with E-state index < -0.39 is 0 Å². The smallest absolute Gasteiger partial charge is 0.133 e. The number of anilines is 4. The maximum Gasteiger partial charge on any atom is 0.133 e. The van der Waals surface area contributed by atoms with Crippen molar-refractivity contribution in [2.45, 2.75) is 6.17 Å². The molecule has 0 radical (unpaired) electrons. The Bertz CT molecular complexity index is 743. The summed E-state index contributed by atoms with van der Waals surface area (Å²) in [6.07, 6.45) is 0.0842. The van der Waals surface area contributed by atoms with Crippen molar-refractivity contribution in [3.8, 4) is 5.75 Å². The normalized spacial score (nSPS) is 13.9. The molecule has 1 aliphatic heterocycles. The minimum Gasteiger partial charge on any atom is -0.496 e. The Labute approximate surface area is 151 Å². The van der Waals surface area contributed by atoms with Gasteiger partial charge in [0.1, 0.15) is 11.9 Å². The molecule has 5 heteroatoms. The van der Waals surface area contributed by atoms with Gasteiger partial charge in [0, 0.05) is 59.7 Å². The lowest BCUT2D eigenvalue weighted by Gasteiger charge is -2.33. The molecule has 0 saturated heterocycles. The number of fused-ring (bicyclic) bond motifs is 1. The van der Waals surface area contributed by atoms with Crippen LogP contribution < -0.4 is 24.3 Å². The fraction of sp³-hybridized carbons (Fsp3) is 0.400. The van der Waals surface area contributed by atoms with Crippen molar-refractivity contribution in [1.29, 1.82) is 0 Å². The Kier molecular flexibility index (Phi) is 4.41. The molecule has 0 N–H and O–H groups in total. The van der Waals surface area contributed by atoms with Gasteiger partial charge in [0.2, 0.25) is 0 Å². The summed E-state index contributed by atoms with van der Waals surface area (Å²) in [4.78, 5) is 8.90. The van der Waals surface area contributed by atoms with Crippen LogP contribution in [0.1, 0.15) is 11.7 Å². The third-order valence-corrected chi connectivity index (χ3v) is 4.96. The molecule has 3 rings (SSSR count). The second-order valence-corrected chi connectivity index (χ2v) is 6.95. The summed E-state index contributed by atoms with van der Waals surface area (Å²) in [5, 5.41) is 0. The molecular weight excluding hydrogens is 312 g/mol. The van der Waals surface area contributed by atoms with Crippen LogP contribution in [-0.4, -0.2) is 49.4 Å². The first-order valence-corrected chi connectivity index (χ1v) is 8.48. The Hall–Kier alpha value is -2.56. The Morgan fingerprint density at radius 3 is 1.88 bits per heavy atom. The van der Waals surface area contributed by atoms with Crippen molar-refractivity contribution in [1.82, 2.24) is 0 Å². The molecule has 0 amide bonds. The van der Waals surface area contributed by atoms with E-state index in [0.717, 1.165) is 11.4 Å². The first-order chi connectivity index (χ1) is 11.9. The molecule has 0 bridgehead atoms. The van der Waals surface area contributed by atoms with Gasteiger partial charge < -0.3 is 24.3 Å². The highest BCUT2D eigenvalue weighted by Crippen LogP contribution is 2.49. The summed E-state index contributed by atoms with van der Waals surface area (Å²) < 4.78 is 5.83. The van der Waals surface area contributed by atoms with Crippen LogP contribution in [0.4, 0.5) is 22.7 Å². The molecule has 134 valence electrons. The van der Waals surface area contributed by atoms with Crippen molar-refractivity contribution < 1.29 is 4.74 Å². The van der Waals surface area contributed by atoms with Crippen LogP contribution in [0.3, 0.4) is 0 Å². The zero-order chi connectivity index (χ0) is 18.3. The van der Waals surface area contributed by atoms with Gasteiger partial charge in [-0.25, -0.2) is 0 Å². The number of hydrogen-bond donors (Lipinski definition) is 0. The van der Waals surface area contributed by atoms with Gasteiger partial charge in [0.05, 0.1) is 24.0 Å². The second-order valence-electron chi connectivity index (χ2n) is 6.95. The third kappa shape index (κ3) is 2.73. The van der Waals surface area contributed by atoms with Crippen LogP contribution in [0.5, 0.6) is 5.75 Å². The monoisotopic (exact) mass is 340 g/mol. The van der Waals surface area contributed by atoms with Crippen LogP contribution >= 0.6 is 0 Å². The number of rotatable bonds is 4. The molecule has 2 aromatic rings. The SMILES string of the molecule is COc1cc(N(C)C)cc(N(C)C)c1C1N(C)c2ccccc2N1C. The van der Waals surface area contributed by atoms with Crippen LogP contribution in [-0.2, 0) is 0 Å². The Balaban J connectivity index is 2.20. The molecule has 5 nitrogen and oxygen atoms in total. The molecule has 0 aliphatic carbocycles. The van der Waals surface area contributed by atoms with Crippen LogP contribution in [0, 0.1) is 0 Å². The molecule has 0 aromatic heterocycles. The predicted molar refractivity (Wildman–Crippen MR) is 108 cm³/mol. The van der Waals surface area contributed by atoms with Gasteiger partial charge in [-0.05, 0) is 18.2 Å². The summed E-state index contributed by atoms with van der Waals surface area (Å²) in [6, 6.07) is 12.9. The van der Waals surface area contributed by atoms with Crippen molar-refractivity contribution >= 4 is 22.7 Å². The van der Waals surface area contributed by atoms with Gasteiger partial charge >= 0.3 is 0 Å². The maximum atomic E-state index is 5.83. The number of nitrogens with zero attached hydrogens (tertiary/aromatic N) is 4. The minimum atomic E-state index is 0.0842. The van der Waals surface area contributed by atoms with Crippen molar-refractivity contribution in [2.75, 3.05) is 69.0 Å². The minimum absolute atomic E-state index is 0.0842. The lowest BCUT2D eigenvalue weighted by Crippen LogP contribution is -2.32. The fourth-order valence-electron chi connectivity index (χ4n) is 3.63. The van der Waals surface area contributed by atoms with Crippen molar-refractivity contribution in [3.05, 3.63) is 42.0 Å². The number of hydrogen-bond acceptors (Lipinski definition) is 5. The highest BCUT2D eigenvalue weighted by molar-refractivity contribution is 5.81. The molecular formula is C20H28N4O. The van der Waals surface area contributed by atoms with E-state index in [9.17, 15) is 0 Å². The fourth-order valence-corrected chi connectivity index (χ4v) is 3.63. The summed E-state index contributed by atoms with van der Waals surface area (Å²) in [5.41, 5.74) is 5.95. The molecule has 0 spiro atoms. The van der Waals surface area contributed by atoms with Crippen molar-refractivity contribution in [2.24, 2.45) is 0 Å². The van der Waals surface area contributed by atoms with E-state index in [4.69, 9.17) is 4.74 Å². The molecule has 0 saturated carbocycles. The van der Waals surface area contributed by atoms with Gasteiger partial charge in [-0.3, -0.25) is 0 Å². The van der Waals surface area contributed by atoms with Gasteiger partial charge in [-0.1, -0.05) is 12.1 Å². The third-order valence-electron chi connectivity index (χ3n) is 4.96. The lowest BCUT2D eigenvalue weighted by atomic mass is 10.0. The first kappa shape index (κ1) is 17.3. The Morgan fingerprint density at radius 1 is 0.880 bits per heavy atom. The average molecular weight is 340 g/mol. The first-order valence-electron chi connectivity index (χ1n) is 8.48. The quantitative estimate of drug-likeness (QED) is 0.848. The summed E-state index contributed by atoms with van der Waals surface area (Å²) in [6.45, 7) is 0. The number of benzene rings is 2. The van der Waals surface area contributed by atoms with Crippen LogP contribution in [0.25, 0.3) is 0 Å². The molecule has 2 aromatic carbocycles. The average Bonchev–Trinajstić information content (AvgIpc) is 2.85. The van der Waals surface area contributed by atoms with Gasteiger partial charge in [0.25, 0.3) is 0 Å². The van der Waals surface area contributed by atoms with E-state index >= 15 is 0 Å². The lowest BCUT2D eigenvalue weighted by molar-refractivity contribution is 0.405. The van der Waals surface area contributed by atoms with Gasteiger partial charge in [-0.15, -0.1) is 0 Å². The molecule has 0 atom stereocenters. The largest absolute Gasteiger partial charge is 0.496 e. The predicted octanol–water partition coefficient (Wildman–Crippen LogP) is 3.41. The van der Waals surface area contributed by atoms with Crippen LogP contribution in [0.2, 0.25) is 0 Å². The number of methoxy groups -OCH3 is 1. The van der Waals surface area contributed by atoms with E-state index in [-0.39, 0.29) is 6.17 Å². The number of ether oxygens (including phenoxy) is 1. The number of para-hydroxylation sites is 2. The van der Waals surface area contributed by atoms with Crippen LogP contribution in [0.15, 0.2) is 36.4 Å². The highest BCUT2D eigenvalue weighted by atomic mass is 16.5.